The summed E-state index contributed by atoms with van der Waals surface area (Å²) in [4.78, 5) is 12.0. The van der Waals surface area contributed by atoms with Gasteiger partial charge in [-0.05, 0) is 37.1 Å². The first-order chi connectivity index (χ1) is 9.83. The molecule has 116 valence electrons. The Labute approximate surface area is 130 Å². The number of carbonyl (C=O) groups excluding carboxylic acids is 1. The van der Waals surface area contributed by atoms with E-state index in [0.29, 0.717) is 19.8 Å². The minimum Gasteiger partial charge on any atom is -0.486 e. The second-order valence-corrected chi connectivity index (χ2v) is 5.20. The van der Waals surface area contributed by atoms with E-state index in [1.807, 2.05) is 18.2 Å². The molecular formula is C15H21ClN2O3. The Morgan fingerprint density at radius 2 is 2.05 bits per heavy atom. The van der Waals surface area contributed by atoms with Crippen molar-refractivity contribution in [1.29, 1.82) is 0 Å². The molecule has 2 aliphatic rings. The average Bonchev–Trinajstić information content (AvgIpc) is 2.53. The van der Waals surface area contributed by atoms with Crippen molar-refractivity contribution in [2.75, 3.05) is 19.8 Å². The molecule has 0 radical (unpaired) electrons. The van der Waals surface area contributed by atoms with E-state index in [4.69, 9.17) is 9.47 Å². The molecule has 5 nitrogen and oxygen atoms in total. The lowest BCUT2D eigenvalue weighted by Crippen LogP contribution is -2.46. The van der Waals surface area contributed by atoms with E-state index in [9.17, 15) is 4.79 Å². The molecule has 2 heterocycles. The van der Waals surface area contributed by atoms with Crippen LogP contribution in [-0.2, 0) is 11.3 Å². The fraction of sp³-hybridized carbons (Fsp3) is 0.533. The van der Waals surface area contributed by atoms with Gasteiger partial charge in [-0.1, -0.05) is 12.5 Å². The Bertz CT molecular complexity index is 490. The Kier molecular flexibility index (Phi) is 5.70. The molecule has 1 amide bonds. The van der Waals surface area contributed by atoms with Crippen molar-refractivity contribution in [3.63, 3.8) is 0 Å². The standard InChI is InChI=1S/C15H20N2O3.ClH/c18-15(12-3-1-2-6-16-12)17-10-11-4-5-13-14(9-11)20-8-7-19-13;/h4-5,9,12,16H,1-3,6-8,10H2,(H,17,18);1H. The Morgan fingerprint density at radius 1 is 1.24 bits per heavy atom. The van der Waals surface area contributed by atoms with Gasteiger partial charge < -0.3 is 20.1 Å². The zero-order valence-corrected chi connectivity index (χ0v) is 12.7. The van der Waals surface area contributed by atoms with Crippen LogP contribution in [-0.4, -0.2) is 31.7 Å². The summed E-state index contributed by atoms with van der Waals surface area (Å²) in [7, 11) is 0. The number of hydrogen-bond donors (Lipinski definition) is 2. The summed E-state index contributed by atoms with van der Waals surface area (Å²) in [5.74, 6) is 1.62. The van der Waals surface area contributed by atoms with E-state index < -0.39 is 0 Å². The lowest BCUT2D eigenvalue weighted by Gasteiger charge is -2.23. The molecule has 0 aliphatic carbocycles. The number of halogens is 1. The second kappa shape index (κ2) is 7.52. The van der Waals surface area contributed by atoms with E-state index in [-0.39, 0.29) is 24.4 Å². The Morgan fingerprint density at radius 3 is 2.81 bits per heavy atom. The summed E-state index contributed by atoms with van der Waals surface area (Å²) in [6.45, 7) is 2.63. The molecule has 1 unspecified atom stereocenters. The Balaban J connectivity index is 0.00000161. The van der Waals surface area contributed by atoms with Gasteiger partial charge in [0.2, 0.25) is 5.91 Å². The molecule has 1 saturated heterocycles. The van der Waals surface area contributed by atoms with Crippen LogP contribution in [0.3, 0.4) is 0 Å². The maximum Gasteiger partial charge on any atom is 0.237 e. The molecule has 0 saturated carbocycles. The zero-order valence-electron chi connectivity index (χ0n) is 11.9. The quantitative estimate of drug-likeness (QED) is 0.891. The maximum atomic E-state index is 12.0. The highest BCUT2D eigenvalue weighted by molar-refractivity contribution is 5.85. The lowest BCUT2D eigenvalue weighted by atomic mass is 10.0. The first-order valence-corrected chi connectivity index (χ1v) is 7.22. The van der Waals surface area contributed by atoms with Crippen LogP contribution in [0.15, 0.2) is 18.2 Å². The third-order valence-corrected chi connectivity index (χ3v) is 3.70. The third kappa shape index (κ3) is 4.02. The van der Waals surface area contributed by atoms with Gasteiger partial charge >= 0.3 is 0 Å². The van der Waals surface area contributed by atoms with Crippen molar-refractivity contribution in [1.82, 2.24) is 10.6 Å². The number of ether oxygens (including phenoxy) is 2. The van der Waals surface area contributed by atoms with E-state index >= 15 is 0 Å². The van der Waals surface area contributed by atoms with Crippen LogP contribution >= 0.6 is 12.4 Å². The molecule has 2 N–H and O–H groups in total. The third-order valence-electron chi connectivity index (χ3n) is 3.70. The number of carbonyl (C=O) groups is 1. The predicted molar refractivity (Wildman–Crippen MR) is 82.2 cm³/mol. The fourth-order valence-electron chi connectivity index (χ4n) is 2.59. The number of hydrogen-bond acceptors (Lipinski definition) is 4. The normalized spacial score (nSPS) is 20.3. The van der Waals surface area contributed by atoms with Crippen molar-refractivity contribution in [2.45, 2.75) is 31.8 Å². The van der Waals surface area contributed by atoms with E-state index in [2.05, 4.69) is 10.6 Å². The summed E-state index contributed by atoms with van der Waals surface area (Å²) < 4.78 is 11.0. The number of rotatable bonds is 3. The number of nitrogens with one attached hydrogen (secondary N) is 2. The molecule has 0 aromatic heterocycles. The topological polar surface area (TPSA) is 59.6 Å². The van der Waals surface area contributed by atoms with Gasteiger partial charge in [0.1, 0.15) is 13.2 Å². The predicted octanol–water partition coefficient (Wildman–Crippen LogP) is 1.64. The van der Waals surface area contributed by atoms with Crippen LogP contribution in [0, 0.1) is 0 Å². The van der Waals surface area contributed by atoms with Gasteiger partial charge in [0, 0.05) is 6.54 Å². The summed E-state index contributed by atoms with van der Waals surface area (Å²) in [5, 5.41) is 6.23. The molecule has 2 aliphatic heterocycles. The molecule has 0 spiro atoms. The smallest absolute Gasteiger partial charge is 0.237 e. The van der Waals surface area contributed by atoms with Crippen LogP contribution in [0.25, 0.3) is 0 Å². The second-order valence-electron chi connectivity index (χ2n) is 5.20. The summed E-state index contributed by atoms with van der Waals surface area (Å²) in [6.07, 6.45) is 3.20. The van der Waals surface area contributed by atoms with Gasteiger partial charge in [0.15, 0.2) is 11.5 Å². The van der Waals surface area contributed by atoms with Crippen LogP contribution < -0.4 is 20.1 Å². The highest BCUT2D eigenvalue weighted by atomic mass is 35.5. The highest BCUT2D eigenvalue weighted by Crippen LogP contribution is 2.30. The molecule has 21 heavy (non-hydrogen) atoms. The van der Waals surface area contributed by atoms with Crippen LogP contribution in [0.1, 0.15) is 24.8 Å². The van der Waals surface area contributed by atoms with Gasteiger partial charge in [-0.15, -0.1) is 12.4 Å². The van der Waals surface area contributed by atoms with Crippen molar-refractivity contribution >= 4 is 18.3 Å². The van der Waals surface area contributed by atoms with Crippen LogP contribution in [0.4, 0.5) is 0 Å². The van der Waals surface area contributed by atoms with Crippen LogP contribution in [0.2, 0.25) is 0 Å². The van der Waals surface area contributed by atoms with Crippen molar-refractivity contribution in [2.24, 2.45) is 0 Å². The van der Waals surface area contributed by atoms with Gasteiger partial charge in [0.05, 0.1) is 6.04 Å². The van der Waals surface area contributed by atoms with E-state index in [1.165, 1.54) is 0 Å². The molecule has 6 heteroatoms. The molecular weight excluding hydrogens is 292 g/mol. The van der Waals surface area contributed by atoms with Crippen molar-refractivity contribution < 1.29 is 14.3 Å². The summed E-state index contributed by atoms with van der Waals surface area (Å²) in [6, 6.07) is 5.75. The molecule has 1 fully saturated rings. The molecule has 0 bridgehead atoms. The zero-order chi connectivity index (χ0) is 13.8. The van der Waals surface area contributed by atoms with Gasteiger partial charge in [0.25, 0.3) is 0 Å². The lowest BCUT2D eigenvalue weighted by molar-refractivity contribution is -0.123. The van der Waals surface area contributed by atoms with Gasteiger partial charge in [-0.3, -0.25) is 4.79 Å². The average molecular weight is 313 g/mol. The SMILES string of the molecule is Cl.O=C(NCc1ccc2c(c1)OCCO2)C1CCCCN1. The largest absolute Gasteiger partial charge is 0.486 e. The fourth-order valence-corrected chi connectivity index (χ4v) is 2.59. The van der Waals surface area contributed by atoms with Crippen molar-refractivity contribution in [3.8, 4) is 11.5 Å². The number of benzene rings is 1. The maximum absolute atomic E-state index is 12.0. The van der Waals surface area contributed by atoms with Gasteiger partial charge in [-0.25, -0.2) is 0 Å². The molecule has 1 atom stereocenters. The molecule has 3 rings (SSSR count). The monoisotopic (exact) mass is 312 g/mol. The van der Waals surface area contributed by atoms with E-state index in [1.54, 1.807) is 0 Å². The minimum absolute atomic E-state index is 0. The highest BCUT2D eigenvalue weighted by Gasteiger charge is 2.20. The van der Waals surface area contributed by atoms with Crippen LogP contribution in [0.5, 0.6) is 11.5 Å². The Hall–Kier alpha value is -1.46. The summed E-state index contributed by atoms with van der Waals surface area (Å²) >= 11 is 0. The molecule has 1 aromatic carbocycles. The number of amides is 1. The number of fused-ring (bicyclic) bond motifs is 1. The van der Waals surface area contributed by atoms with E-state index in [0.717, 1.165) is 42.9 Å². The first kappa shape index (κ1) is 15.9. The first-order valence-electron chi connectivity index (χ1n) is 7.22. The summed E-state index contributed by atoms with van der Waals surface area (Å²) in [5.41, 5.74) is 1.03. The number of piperidine rings is 1. The van der Waals surface area contributed by atoms with Crippen molar-refractivity contribution in [3.05, 3.63) is 23.8 Å². The molecule has 1 aromatic rings. The van der Waals surface area contributed by atoms with Gasteiger partial charge in [-0.2, -0.15) is 0 Å². The minimum atomic E-state index is -0.0408.